The van der Waals surface area contributed by atoms with Crippen LogP contribution in [0.15, 0.2) is 24.3 Å². The topological polar surface area (TPSA) is 73.1 Å². The molecule has 0 saturated carbocycles. The fourth-order valence-corrected chi connectivity index (χ4v) is 1.76. The maximum absolute atomic E-state index is 10.2. The summed E-state index contributed by atoms with van der Waals surface area (Å²) in [7, 11) is 1.69. The third kappa shape index (κ3) is 3.75. The van der Waals surface area contributed by atoms with Crippen LogP contribution in [0.2, 0.25) is 0 Å². The first-order chi connectivity index (χ1) is 9.04. The molecule has 2 rings (SSSR count). The van der Waals surface area contributed by atoms with Crippen molar-refractivity contribution in [3.63, 3.8) is 0 Å². The second-order valence-corrected chi connectivity index (χ2v) is 4.65. The molecule has 0 saturated heterocycles. The van der Waals surface area contributed by atoms with E-state index in [1.54, 1.807) is 7.05 Å². The molecule has 0 fully saturated rings. The Morgan fingerprint density at radius 1 is 1.37 bits per heavy atom. The summed E-state index contributed by atoms with van der Waals surface area (Å²) < 4.78 is 5.60. The maximum atomic E-state index is 10.2. The van der Waals surface area contributed by atoms with Gasteiger partial charge in [0.25, 0.3) is 0 Å². The minimum Gasteiger partial charge on any atom is -0.491 e. The standard InChI is InChI=1S/C13H18N4O2/c1-9(2)19-11-6-4-5-10(7-11)12(18)8-13-14-16-17(3)15-13/h4-7,9,12,18H,8H2,1-3H3. The summed E-state index contributed by atoms with van der Waals surface area (Å²) in [6, 6.07) is 7.42. The van der Waals surface area contributed by atoms with Gasteiger partial charge in [-0.3, -0.25) is 0 Å². The van der Waals surface area contributed by atoms with Crippen LogP contribution in [-0.4, -0.2) is 31.4 Å². The lowest BCUT2D eigenvalue weighted by atomic mass is 10.1. The summed E-state index contributed by atoms with van der Waals surface area (Å²) in [4.78, 5) is 1.38. The Bertz CT molecular complexity index is 539. The Hall–Kier alpha value is -1.95. The van der Waals surface area contributed by atoms with E-state index >= 15 is 0 Å². The molecule has 0 aliphatic heterocycles. The summed E-state index contributed by atoms with van der Waals surface area (Å²) in [5.74, 6) is 1.27. The first-order valence-electron chi connectivity index (χ1n) is 6.22. The van der Waals surface area contributed by atoms with Crippen LogP contribution in [0.4, 0.5) is 0 Å². The van der Waals surface area contributed by atoms with Crippen LogP contribution in [-0.2, 0) is 13.5 Å². The van der Waals surface area contributed by atoms with Crippen LogP contribution in [0.5, 0.6) is 5.75 Å². The highest BCUT2D eigenvalue weighted by Crippen LogP contribution is 2.22. The molecule has 1 heterocycles. The van der Waals surface area contributed by atoms with Crippen LogP contribution in [0, 0.1) is 0 Å². The molecule has 2 aromatic rings. The quantitative estimate of drug-likeness (QED) is 0.878. The van der Waals surface area contributed by atoms with Gasteiger partial charge in [-0.1, -0.05) is 12.1 Å². The Labute approximate surface area is 112 Å². The van der Waals surface area contributed by atoms with Crippen molar-refractivity contribution in [2.45, 2.75) is 32.5 Å². The van der Waals surface area contributed by atoms with Crippen molar-refractivity contribution >= 4 is 0 Å². The minimum atomic E-state index is -0.667. The van der Waals surface area contributed by atoms with E-state index in [0.29, 0.717) is 12.2 Å². The number of aliphatic hydroxyl groups excluding tert-OH is 1. The molecule has 0 spiro atoms. The number of aryl methyl sites for hydroxylation is 1. The molecule has 1 N–H and O–H groups in total. The highest BCUT2D eigenvalue weighted by Gasteiger charge is 2.13. The van der Waals surface area contributed by atoms with E-state index in [1.807, 2.05) is 38.1 Å². The molecule has 1 aromatic carbocycles. The van der Waals surface area contributed by atoms with Crippen molar-refractivity contribution in [3.05, 3.63) is 35.7 Å². The normalized spacial score (nSPS) is 12.7. The molecule has 6 nitrogen and oxygen atoms in total. The zero-order chi connectivity index (χ0) is 13.8. The predicted molar refractivity (Wildman–Crippen MR) is 69.7 cm³/mol. The van der Waals surface area contributed by atoms with Gasteiger partial charge in [-0.15, -0.1) is 10.2 Å². The van der Waals surface area contributed by atoms with Gasteiger partial charge in [0.1, 0.15) is 5.75 Å². The fraction of sp³-hybridized carbons (Fsp3) is 0.462. The number of rotatable bonds is 5. The van der Waals surface area contributed by atoms with Crippen molar-refractivity contribution in [1.29, 1.82) is 0 Å². The predicted octanol–water partition coefficient (Wildman–Crippen LogP) is 1.27. The molecule has 1 unspecified atom stereocenters. The third-order valence-corrected chi connectivity index (χ3v) is 2.54. The zero-order valence-corrected chi connectivity index (χ0v) is 11.3. The van der Waals surface area contributed by atoms with Gasteiger partial charge in [0.2, 0.25) is 0 Å². The third-order valence-electron chi connectivity index (χ3n) is 2.54. The highest BCUT2D eigenvalue weighted by atomic mass is 16.5. The number of benzene rings is 1. The van der Waals surface area contributed by atoms with Gasteiger partial charge in [0, 0.05) is 6.42 Å². The van der Waals surface area contributed by atoms with E-state index in [0.717, 1.165) is 11.3 Å². The summed E-state index contributed by atoms with van der Waals surface area (Å²) in [6.07, 6.45) is -0.229. The second kappa shape index (κ2) is 5.79. The number of aromatic nitrogens is 4. The molecule has 19 heavy (non-hydrogen) atoms. The Kier molecular flexibility index (Phi) is 4.11. The van der Waals surface area contributed by atoms with Gasteiger partial charge in [0.05, 0.1) is 19.3 Å². The van der Waals surface area contributed by atoms with E-state index in [9.17, 15) is 5.11 Å². The maximum Gasteiger partial charge on any atom is 0.177 e. The Morgan fingerprint density at radius 2 is 2.16 bits per heavy atom. The van der Waals surface area contributed by atoms with Gasteiger partial charge in [0.15, 0.2) is 5.82 Å². The molecule has 102 valence electrons. The van der Waals surface area contributed by atoms with E-state index in [1.165, 1.54) is 4.80 Å². The first-order valence-corrected chi connectivity index (χ1v) is 6.22. The largest absolute Gasteiger partial charge is 0.491 e. The van der Waals surface area contributed by atoms with Crippen LogP contribution < -0.4 is 4.74 Å². The summed E-state index contributed by atoms with van der Waals surface area (Å²) in [5, 5.41) is 21.8. The van der Waals surface area contributed by atoms with E-state index < -0.39 is 6.10 Å². The lowest BCUT2D eigenvalue weighted by Gasteiger charge is -2.13. The van der Waals surface area contributed by atoms with E-state index in [2.05, 4.69) is 15.4 Å². The van der Waals surface area contributed by atoms with Crippen LogP contribution in [0.25, 0.3) is 0 Å². The van der Waals surface area contributed by atoms with Gasteiger partial charge >= 0.3 is 0 Å². The van der Waals surface area contributed by atoms with Crippen molar-refractivity contribution < 1.29 is 9.84 Å². The Morgan fingerprint density at radius 3 is 2.79 bits per heavy atom. The van der Waals surface area contributed by atoms with Crippen LogP contribution in [0.3, 0.4) is 0 Å². The zero-order valence-electron chi connectivity index (χ0n) is 11.3. The summed E-state index contributed by atoms with van der Waals surface area (Å²) in [5.41, 5.74) is 0.783. The van der Waals surface area contributed by atoms with Crippen molar-refractivity contribution in [1.82, 2.24) is 20.2 Å². The minimum absolute atomic E-state index is 0.106. The lowest BCUT2D eigenvalue weighted by molar-refractivity contribution is 0.174. The SMILES string of the molecule is CC(C)Oc1cccc(C(O)Cc2nnn(C)n2)c1. The summed E-state index contributed by atoms with van der Waals surface area (Å²) in [6.45, 7) is 3.93. The molecule has 0 amide bonds. The molecular formula is C13H18N4O2. The monoisotopic (exact) mass is 262 g/mol. The van der Waals surface area contributed by atoms with Crippen LogP contribution >= 0.6 is 0 Å². The smallest absolute Gasteiger partial charge is 0.177 e. The second-order valence-electron chi connectivity index (χ2n) is 4.65. The molecule has 0 bridgehead atoms. The number of ether oxygens (including phenoxy) is 1. The molecular weight excluding hydrogens is 244 g/mol. The van der Waals surface area contributed by atoms with Gasteiger partial charge < -0.3 is 9.84 Å². The number of aliphatic hydroxyl groups is 1. The summed E-state index contributed by atoms with van der Waals surface area (Å²) >= 11 is 0. The van der Waals surface area contributed by atoms with Gasteiger partial charge in [-0.05, 0) is 36.8 Å². The van der Waals surface area contributed by atoms with E-state index in [4.69, 9.17) is 4.74 Å². The van der Waals surface area contributed by atoms with Crippen molar-refractivity contribution in [2.24, 2.45) is 7.05 Å². The van der Waals surface area contributed by atoms with Gasteiger partial charge in [-0.25, -0.2) is 0 Å². The molecule has 1 aromatic heterocycles. The highest BCUT2D eigenvalue weighted by molar-refractivity contribution is 5.30. The number of hydrogen-bond acceptors (Lipinski definition) is 5. The van der Waals surface area contributed by atoms with Crippen molar-refractivity contribution in [2.75, 3.05) is 0 Å². The molecule has 6 heteroatoms. The fourth-order valence-electron chi connectivity index (χ4n) is 1.76. The average Bonchev–Trinajstić information content (AvgIpc) is 2.74. The first kappa shape index (κ1) is 13.5. The number of hydrogen-bond donors (Lipinski definition) is 1. The van der Waals surface area contributed by atoms with Crippen LogP contribution in [0.1, 0.15) is 31.3 Å². The van der Waals surface area contributed by atoms with E-state index in [-0.39, 0.29) is 6.10 Å². The molecule has 0 aliphatic carbocycles. The van der Waals surface area contributed by atoms with Gasteiger partial charge in [-0.2, -0.15) is 4.80 Å². The molecule has 1 atom stereocenters. The average molecular weight is 262 g/mol. The number of tetrazole rings is 1. The van der Waals surface area contributed by atoms with Crippen molar-refractivity contribution in [3.8, 4) is 5.75 Å². The molecule has 0 aliphatic rings. The lowest BCUT2D eigenvalue weighted by Crippen LogP contribution is -2.07. The number of nitrogens with zero attached hydrogens (tertiary/aromatic N) is 4. The molecule has 0 radical (unpaired) electrons. The Balaban J connectivity index is 2.08.